The van der Waals surface area contributed by atoms with Crippen LogP contribution in [0.2, 0.25) is 0 Å². The zero-order valence-corrected chi connectivity index (χ0v) is 11.6. The lowest BCUT2D eigenvalue weighted by molar-refractivity contribution is -0.136. The molecule has 1 heterocycles. The number of hydrogen-bond acceptors (Lipinski definition) is 2. The van der Waals surface area contributed by atoms with Crippen LogP contribution in [0.3, 0.4) is 0 Å². The Hall–Kier alpha value is -1.90. The topological polar surface area (TPSA) is 50.2 Å². The molecule has 0 fully saturated rings. The number of carboxylic acids is 1. The number of nitrogens with zero attached hydrogens (tertiary/aromatic N) is 1. The Morgan fingerprint density at radius 3 is 2.68 bits per heavy atom. The first kappa shape index (κ1) is 13.5. The van der Waals surface area contributed by atoms with E-state index in [4.69, 9.17) is 5.11 Å². The maximum absolute atomic E-state index is 10.8. The third-order valence-electron chi connectivity index (χ3n) is 3.27. The number of aromatic nitrogens is 1. The van der Waals surface area contributed by atoms with E-state index in [1.165, 1.54) is 5.56 Å². The largest absolute Gasteiger partial charge is 0.481 e. The second-order valence-electron chi connectivity index (χ2n) is 5.28. The quantitative estimate of drug-likeness (QED) is 0.908. The molecule has 0 bridgehead atoms. The highest BCUT2D eigenvalue weighted by molar-refractivity contribution is 5.83. The molecule has 3 heteroatoms. The highest BCUT2D eigenvalue weighted by Gasteiger charge is 2.10. The van der Waals surface area contributed by atoms with Gasteiger partial charge in [0.2, 0.25) is 0 Å². The Morgan fingerprint density at radius 1 is 1.32 bits per heavy atom. The lowest BCUT2D eigenvalue weighted by Gasteiger charge is -2.11. The standard InChI is InChI=1S/C16H19NO2/c1-10(2)15-9-12(5-7-16(18)19)13-8-11(3)4-6-14(13)17-15/h4,6,8-10H,5,7H2,1-3H3,(H,18,19). The maximum Gasteiger partial charge on any atom is 0.303 e. The summed E-state index contributed by atoms with van der Waals surface area (Å²) >= 11 is 0. The van der Waals surface area contributed by atoms with Crippen molar-refractivity contribution in [2.45, 2.75) is 39.5 Å². The molecule has 0 atom stereocenters. The van der Waals surface area contributed by atoms with Crippen molar-refractivity contribution in [3.8, 4) is 0 Å². The number of aryl methyl sites for hydroxylation is 2. The van der Waals surface area contributed by atoms with Crippen LogP contribution in [0.5, 0.6) is 0 Å². The van der Waals surface area contributed by atoms with Gasteiger partial charge in [-0.05, 0) is 43.0 Å². The molecule has 0 aliphatic rings. The summed E-state index contributed by atoms with van der Waals surface area (Å²) < 4.78 is 0. The van der Waals surface area contributed by atoms with E-state index >= 15 is 0 Å². The highest BCUT2D eigenvalue weighted by Crippen LogP contribution is 2.24. The van der Waals surface area contributed by atoms with Gasteiger partial charge in [0.05, 0.1) is 5.52 Å². The molecule has 0 aliphatic heterocycles. The fourth-order valence-electron chi connectivity index (χ4n) is 2.18. The molecular formula is C16H19NO2. The van der Waals surface area contributed by atoms with Crippen molar-refractivity contribution in [1.29, 1.82) is 0 Å². The van der Waals surface area contributed by atoms with Gasteiger partial charge in [-0.1, -0.05) is 25.5 Å². The van der Waals surface area contributed by atoms with Crippen molar-refractivity contribution in [3.05, 3.63) is 41.1 Å². The number of hydrogen-bond donors (Lipinski definition) is 1. The Morgan fingerprint density at radius 2 is 2.05 bits per heavy atom. The number of rotatable bonds is 4. The second-order valence-corrected chi connectivity index (χ2v) is 5.28. The maximum atomic E-state index is 10.8. The third-order valence-corrected chi connectivity index (χ3v) is 3.27. The molecule has 0 saturated carbocycles. The van der Waals surface area contributed by atoms with Crippen LogP contribution >= 0.6 is 0 Å². The molecule has 19 heavy (non-hydrogen) atoms. The molecule has 0 aliphatic carbocycles. The number of benzene rings is 1. The Kier molecular flexibility index (Phi) is 3.84. The molecule has 100 valence electrons. The second kappa shape index (κ2) is 5.39. The highest BCUT2D eigenvalue weighted by atomic mass is 16.4. The van der Waals surface area contributed by atoms with Crippen molar-refractivity contribution in [2.24, 2.45) is 0 Å². The predicted octanol–water partition coefficient (Wildman–Crippen LogP) is 3.68. The normalized spacial score (nSPS) is 11.2. The van der Waals surface area contributed by atoms with Crippen LogP contribution in [0.15, 0.2) is 24.3 Å². The molecule has 2 aromatic rings. The van der Waals surface area contributed by atoms with E-state index in [0.29, 0.717) is 12.3 Å². The molecule has 0 unspecified atom stereocenters. The van der Waals surface area contributed by atoms with E-state index in [9.17, 15) is 4.79 Å². The molecule has 3 nitrogen and oxygen atoms in total. The van der Waals surface area contributed by atoms with Crippen molar-refractivity contribution in [2.75, 3.05) is 0 Å². The molecule has 1 aromatic heterocycles. The SMILES string of the molecule is Cc1ccc2nc(C(C)C)cc(CCC(=O)O)c2c1. The Bertz CT molecular complexity index is 617. The molecule has 2 rings (SSSR count). The lowest BCUT2D eigenvalue weighted by Crippen LogP contribution is -2.01. The molecule has 0 saturated heterocycles. The van der Waals surface area contributed by atoms with Crippen LogP contribution in [-0.4, -0.2) is 16.1 Å². The molecular weight excluding hydrogens is 238 g/mol. The van der Waals surface area contributed by atoms with Crippen LogP contribution < -0.4 is 0 Å². The lowest BCUT2D eigenvalue weighted by atomic mass is 9.98. The average molecular weight is 257 g/mol. The fraction of sp³-hybridized carbons (Fsp3) is 0.375. The van der Waals surface area contributed by atoms with Crippen molar-refractivity contribution >= 4 is 16.9 Å². The van der Waals surface area contributed by atoms with Gasteiger partial charge in [-0.2, -0.15) is 0 Å². The summed E-state index contributed by atoms with van der Waals surface area (Å²) in [6.45, 7) is 6.24. The molecule has 0 amide bonds. The summed E-state index contributed by atoms with van der Waals surface area (Å²) in [5.74, 6) is -0.419. The van der Waals surface area contributed by atoms with E-state index in [-0.39, 0.29) is 6.42 Å². The van der Waals surface area contributed by atoms with E-state index < -0.39 is 5.97 Å². The Balaban J connectivity index is 2.55. The fourth-order valence-corrected chi connectivity index (χ4v) is 2.18. The number of carbonyl (C=O) groups is 1. The smallest absolute Gasteiger partial charge is 0.303 e. The molecule has 1 aromatic carbocycles. The first-order valence-corrected chi connectivity index (χ1v) is 6.59. The van der Waals surface area contributed by atoms with Gasteiger partial charge in [0, 0.05) is 17.5 Å². The van der Waals surface area contributed by atoms with Gasteiger partial charge < -0.3 is 5.11 Å². The van der Waals surface area contributed by atoms with Crippen molar-refractivity contribution in [1.82, 2.24) is 4.98 Å². The minimum atomic E-state index is -0.760. The van der Waals surface area contributed by atoms with Gasteiger partial charge in [0.25, 0.3) is 0 Å². The van der Waals surface area contributed by atoms with Gasteiger partial charge in [0.15, 0.2) is 0 Å². The van der Waals surface area contributed by atoms with Crippen molar-refractivity contribution < 1.29 is 9.90 Å². The summed E-state index contributed by atoms with van der Waals surface area (Å²) in [6, 6.07) is 8.19. The van der Waals surface area contributed by atoms with Crippen LogP contribution in [0.1, 0.15) is 43.0 Å². The first-order chi connectivity index (χ1) is 8.97. The van der Waals surface area contributed by atoms with E-state index in [0.717, 1.165) is 22.2 Å². The van der Waals surface area contributed by atoms with Gasteiger partial charge in [0.1, 0.15) is 0 Å². The minimum Gasteiger partial charge on any atom is -0.481 e. The predicted molar refractivity (Wildman–Crippen MR) is 76.5 cm³/mol. The number of fused-ring (bicyclic) bond motifs is 1. The summed E-state index contributed by atoms with van der Waals surface area (Å²) in [4.78, 5) is 15.4. The summed E-state index contributed by atoms with van der Waals surface area (Å²) in [7, 11) is 0. The number of carboxylic acid groups (broad SMARTS) is 1. The molecule has 1 N–H and O–H groups in total. The summed E-state index contributed by atoms with van der Waals surface area (Å²) in [6.07, 6.45) is 0.710. The van der Waals surface area contributed by atoms with E-state index in [2.05, 4.69) is 31.0 Å². The molecule has 0 spiro atoms. The average Bonchev–Trinajstić information content (AvgIpc) is 2.35. The number of aliphatic carboxylic acids is 1. The van der Waals surface area contributed by atoms with Crippen LogP contribution in [-0.2, 0) is 11.2 Å². The zero-order valence-electron chi connectivity index (χ0n) is 11.6. The summed E-state index contributed by atoms with van der Waals surface area (Å²) in [5.41, 5.74) is 4.23. The molecule has 0 radical (unpaired) electrons. The zero-order chi connectivity index (χ0) is 14.0. The van der Waals surface area contributed by atoms with Gasteiger partial charge in [-0.15, -0.1) is 0 Å². The van der Waals surface area contributed by atoms with Gasteiger partial charge >= 0.3 is 5.97 Å². The minimum absolute atomic E-state index is 0.157. The van der Waals surface area contributed by atoms with Crippen LogP contribution in [0.25, 0.3) is 10.9 Å². The first-order valence-electron chi connectivity index (χ1n) is 6.59. The Labute approximate surface area is 113 Å². The van der Waals surface area contributed by atoms with Crippen molar-refractivity contribution in [3.63, 3.8) is 0 Å². The van der Waals surface area contributed by atoms with E-state index in [1.807, 2.05) is 19.1 Å². The van der Waals surface area contributed by atoms with E-state index in [1.54, 1.807) is 0 Å². The number of pyridine rings is 1. The van der Waals surface area contributed by atoms with Crippen LogP contribution in [0, 0.1) is 6.92 Å². The van der Waals surface area contributed by atoms with Gasteiger partial charge in [-0.25, -0.2) is 0 Å². The monoisotopic (exact) mass is 257 g/mol. The van der Waals surface area contributed by atoms with Crippen LogP contribution in [0.4, 0.5) is 0 Å². The summed E-state index contributed by atoms with van der Waals surface area (Å²) in [5, 5.41) is 9.94. The van der Waals surface area contributed by atoms with Gasteiger partial charge in [-0.3, -0.25) is 9.78 Å². The third kappa shape index (κ3) is 3.11.